The summed E-state index contributed by atoms with van der Waals surface area (Å²) >= 11 is 0. The molecular weight excluding hydrogens is 204 g/mol. The molecule has 86 valence electrons. The molecule has 0 radical (unpaired) electrons. The largest absolute Gasteiger partial charge is 0.103 e. The van der Waals surface area contributed by atoms with E-state index in [1.165, 1.54) is 27.8 Å². The average Bonchev–Trinajstić information content (AvgIpc) is 2.33. The van der Waals surface area contributed by atoms with Crippen LogP contribution in [0.25, 0.3) is 11.1 Å². The van der Waals surface area contributed by atoms with Crippen LogP contribution in [0.4, 0.5) is 0 Å². The van der Waals surface area contributed by atoms with E-state index >= 15 is 0 Å². The molecule has 0 bridgehead atoms. The summed E-state index contributed by atoms with van der Waals surface area (Å²) in [5.41, 5.74) is 6.64. The Kier molecular flexibility index (Phi) is 3.43. The number of hydrogen-bond donors (Lipinski definition) is 0. The summed E-state index contributed by atoms with van der Waals surface area (Å²) in [5, 5.41) is 0. The second-order valence-corrected chi connectivity index (χ2v) is 4.46. The molecule has 0 unspecified atom stereocenters. The highest BCUT2D eigenvalue weighted by molar-refractivity contribution is 5.71. The van der Waals surface area contributed by atoms with E-state index in [1.54, 1.807) is 0 Å². The third kappa shape index (κ3) is 2.47. The Morgan fingerprint density at radius 2 is 1.65 bits per heavy atom. The van der Waals surface area contributed by atoms with Crippen LogP contribution in [-0.2, 0) is 6.42 Å². The van der Waals surface area contributed by atoms with E-state index in [0.29, 0.717) is 0 Å². The molecule has 2 rings (SSSR count). The van der Waals surface area contributed by atoms with Crippen molar-refractivity contribution in [1.29, 1.82) is 0 Å². The van der Waals surface area contributed by atoms with Crippen LogP contribution in [-0.4, -0.2) is 0 Å². The molecule has 0 aromatic heterocycles. The Morgan fingerprint density at radius 3 is 2.35 bits per heavy atom. The maximum atomic E-state index is 3.80. The Morgan fingerprint density at radius 1 is 0.941 bits per heavy atom. The van der Waals surface area contributed by atoms with Gasteiger partial charge < -0.3 is 0 Å². The highest BCUT2D eigenvalue weighted by atomic mass is 14.1. The molecule has 0 atom stereocenters. The van der Waals surface area contributed by atoms with Gasteiger partial charge >= 0.3 is 0 Å². The van der Waals surface area contributed by atoms with Crippen LogP contribution in [0.1, 0.15) is 16.7 Å². The van der Waals surface area contributed by atoms with Crippen LogP contribution in [0.5, 0.6) is 0 Å². The lowest BCUT2D eigenvalue weighted by Crippen LogP contribution is -1.89. The zero-order valence-electron chi connectivity index (χ0n) is 10.5. The van der Waals surface area contributed by atoms with Gasteiger partial charge in [0.1, 0.15) is 0 Å². The Hall–Kier alpha value is -1.82. The standard InChI is InChI=1S/C17H18/c1-4-7-15-11-10-14(3)17(12-15)16-9-6-5-8-13(16)2/h4-6,8-12H,1,7H2,2-3H3. The SMILES string of the molecule is C=CCc1ccc(C)c(-c2ccccc2C)c1. The van der Waals surface area contributed by atoms with E-state index in [4.69, 9.17) is 0 Å². The van der Waals surface area contributed by atoms with E-state index in [0.717, 1.165) is 6.42 Å². The second kappa shape index (κ2) is 5.01. The summed E-state index contributed by atoms with van der Waals surface area (Å²) in [7, 11) is 0. The molecular formula is C17H18. The quantitative estimate of drug-likeness (QED) is 0.660. The smallest absolute Gasteiger partial charge is 0.00999 e. The molecule has 0 fully saturated rings. The van der Waals surface area contributed by atoms with Crippen LogP contribution in [0.2, 0.25) is 0 Å². The monoisotopic (exact) mass is 222 g/mol. The predicted molar refractivity (Wildman–Crippen MR) is 75.3 cm³/mol. The van der Waals surface area contributed by atoms with Crippen molar-refractivity contribution in [3.8, 4) is 11.1 Å². The minimum Gasteiger partial charge on any atom is -0.103 e. The van der Waals surface area contributed by atoms with Crippen LogP contribution < -0.4 is 0 Å². The van der Waals surface area contributed by atoms with Gasteiger partial charge in [-0.05, 0) is 48.1 Å². The van der Waals surface area contributed by atoms with Crippen molar-refractivity contribution < 1.29 is 0 Å². The first-order chi connectivity index (χ1) is 8.22. The molecule has 17 heavy (non-hydrogen) atoms. The average molecular weight is 222 g/mol. The zero-order valence-corrected chi connectivity index (χ0v) is 10.5. The van der Waals surface area contributed by atoms with Crippen molar-refractivity contribution in [2.75, 3.05) is 0 Å². The summed E-state index contributed by atoms with van der Waals surface area (Å²) < 4.78 is 0. The third-order valence-corrected chi connectivity index (χ3v) is 3.12. The molecule has 2 aromatic carbocycles. The van der Waals surface area contributed by atoms with E-state index in [1.807, 2.05) is 6.08 Å². The molecule has 0 aliphatic carbocycles. The van der Waals surface area contributed by atoms with Gasteiger partial charge in [-0.15, -0.1) is 6.58 Å². The van der Waals surface area contributed by atoms with Crippen LogP contribution >= 0.6 is 0 Å². The van der Waals surface area contributed by atoms with Gasteiger partial charge in [-0.25, -0.2) is 0 Å². The minimum atomic E-state index is 0.930. The van der Waals surface area contributed by atoms with Gasteiger partial charge in [-0.1, -0.05) is 48.5 Å². The van der Waals surface area contributed by atoms with Gasteiger partial charge in [0.2, 0.25) is 0 Å². The van der Waals surface area contributed by atoms with E-state index in [-0.39, 0.29) is 0 Å². The summed E-state index contributed by atoms with van der Waals surface area (Å²) in [6, 6.07) is 15.2. The molecule has 0 N–H and O–H groups in total. The van der Waals surface area contributed by atoms with E-state index in [2.05, 4.69) is 62.9 Å². The van der Waals surface area contributed by atoms with Gasteiger partial charge in [-0.2, -0.15) is 0 Å². The van der Waals surface area contributed by atoms with Gasteiger partial charge in [0.25, 0.3) is 0 Å². The minimum absolute atomic E-state index is 0.930. The zero-order chi connectivity index (χ0) is 12.3. The summed E-state index contributed by atoms with van der Waals surface area (Å²) in [6.07, 6.45) is 2.88. The lowest BCUT2D eigenvalue weighted by atomic mass is 9.94. The fraction of sp³-hybridized carbons (Fsp3) is 0.176. The normalized spacial score (nSPS) is 10.2. The summed E-state index contributed by atoms with van der Waals surface area (Å²) in [5.74, 6) is 0. The van der Waals surface area contributed by atoms with Gasteiger partial charge in [0.05, 0.1) is 0 Å². The first-order valence-electron chi connectivity index (χ1n) is 5.99. The topological polar surface area (TPSA) is 0 Å². The Bertz CT molecular complexity index is 535. The maximum Gasteiger partial charge on any atom is -0.00999 e. The van der Waals surface area contributed by atoms with E-state index < -0.39 is 0 Å². The molecule has 0 aliphatic heterocycles. The molecule has 2 aromatic rings. The lowest BCUT2D eigenvalue weighted by Gasteiger charge is -2.11. The van der Waals surface area contributed by atoms with Gasteiger partial charge in [0, 0.05) is 0 Å². The summed E-state index contributed by atoms with van der Waals surface area (Å²) in [4.78, 5) is 0. The van der Waals surface area contributed by atoms with Crippen molar-refractivity contribution in [3.63, 3.8) is 0 Å². The molecule has 0 aliphatic rings. The highest BCUT2D eigenvalue weighted by Gasteiger charge is 2.05. The third-order valence-electron chi connectivity index (χ3n) is 3.12. The maximum absolute atomic E-state index is 3.80. The first kappa shape index (κ1) is 11.7. The van der Waals surface area contributed by atoms with Crippen molar-refractivity contribution in [2.45, 2.75) is 20.3 Å². The van der Waals surface area contributed by atoms with Crippen LogP contribution in [0.15, 0.2) is 55.1 Å². The Balaban J connectivity index is 2.54. The van der Waals surface area contributed by atoms with Crippen molar-refractivity contribution in [2.24, 2.45) is 0 Å². The Labute approximate surface area is 104 Å². The van der Waals surface area contributed by atoms with Crippen molar-refractivity contribution in [1.82, 2.24) is 0 Å². The molecule has 0 nitrogen and oxygen atoms in total. The first-order valence-corrected chi connectivity index (χ1v) is 5.99. The molecule has 0 heterocycles. The van der Waals surface area contributed by atoms with Crippen molar-refractivity contribution >= 4 is 0 Å². The number of hydrogen-bond acceptors (Lipinski definition) is 0. The van der Waals surface area contributed by atoms with Crippen LogP contribution in [0, 0.1) is 13.8 Å². The van der Waals surface area contributed by atoms with Crippen molar-refractivity contribution in [3.05, 3.63) is 71.8 Å². The molecule has 0 saturated carbocycles. The summed E-state index contributed by atoms with van der Waals surface area (Å²) in [6.45, 7) is 8.13. The fourth-order valence-electron chi connectivity index (χ4n) is 2.13. The lowest BCUT2D eigenvalue weighted by molar-refractivity contribution is 1.26. The molecule has 0 spiro atoms. The number of allylic oxidation sites excluding steroid dienone is 1. The van der Waals surface area contributed by atoms with E-state index in [9.17, 15) is 0 Å². The molecule has 0 heteroatoms. The van der Waals surface area contributed by atoms with Gasteiger partial charge in [0.15, 0.2) is 0 Å². The predicted octanol–water partition coefficient (Wildman–Crippen LogP) is 4.70. The number of aryl methyl sites for hydroxylation is 2. The fourth-order valence-corrected chi connectivity index (χ4v) is 2.13. The molecule has 0 saturated heterocycles. The van der Waals surface area contributed by atoms with Gasteiger partial charge in [-0.3, -0.25) is 0 Å². The molecule has 0 amide bonds. The van der Waals surface area contributed by atoms with Crippen LogP contribution in [0.3, 0.4) is 0 Å². The number of rotatable bonds is 3. The second-order valence-electron chi connectivity index (χ2n) is 4.46. The highest BCUT2D eigenvalue weighted by Crippen LogP contribution is 2.27. The number of benzene rings is 2.